The predicted octanol–water partition coefficient (Wildman–Crippen LogP) is 7.65. The fourth-order valence-corrected chi connectivity index (χ4v) is 11.0. The number of anilines is 1. The van der Waals surface area contributed by atoms with Crippen LogP contribution in [0.25, 0.3) is 22.0 Å². The van der Waals surface area contributed by atoms with Crippen LogP contribution in [-0.4, -0.2) is 85.4 Å². The summed E-state index contributed by atoms with van der Waals surface area (Å²) >= 11 is 6.50. The molecule has 0 spiro atoms. The molecule has 0 radical (unpaired) electrons. The Hall–Kier alpha value is -5.46. The number of carbonyl (C=O) groups is 1. The molecule has 5 aromatic rings. The van der Waals surface area contributed by atoms with E-state index in [2.05, 4.69) is 32.3 Å². The van der Waals surface area contributed by atoms with Gasteiger partial charge in [-0.3, -0.25) is 14.2 Å². The van der Waals surface area contributed by atoms with Gasteiger partial charge in [0, 0.05) is 34.9 Å². The van der Waals surface area contributed by atoms with E-state index in [0.717, 1.165) is 56.5 Å². The lowest BCUT2D eigenvalue weighted by atomic mass is 9.93. The van der Waals surface area contributed by atoms with Gasteiger partial charge < -0.3 is 5.32 Å². The molecule has 0 saturated heterocycles. The van der Waals surface area contributed by atoms with Gasteiger partial charge >= 0.3 is 12.4 Å². The minimum Gasteiger partial charge on any atom is -0.346 e. The molecule has 3 heterocycles. The van der Waals surface area contributed by atoms with Crippen LogP contribution in [0.3, 0.4) is 0 Å². The number of sulfonamides is 2. The number of nitrogens with one attached hydrogen (secondary N) is 1. The highest BCUT2D eigenvalue weighted by Gasteiger charge is 2.57. The monoisotopic (exact) mass is 1060 g/mol. The lowest BCUT2D eigenvalue weighted by Gasteiger charge is -2.24. The molecule has 1 amide bonds. The third-order valence-corrected chi connectivity index (χ3v) is 16.7. The van der Waals surface area contributed by atoms with Crippen LogP contribution in [0.5, 0.6) is 0 Å². The molecule has 2 aromatic carbocycles. The zero-order chi connectivity index (χ0) is 51.9. The van der Waals surface area contributed by atoms with Crippen molar-refractivity contribution in [1.82, 2.24) is 29.9 Å². The van der Waals surface area contributed by atoms with Crippen molar-refractivity contribution < 1.29 is 74.0 Å². The van der Waals surface area contributed by atoms with Gasteiger partial charge in [-0.15, -0.1) is 3.71 Å². The second-order valence-electron chi connectivity index (χ2n) is 16.9. The average Bonchev–Trinajstić information content (AvgIpc) is 3.78. The van der Waals surface area contributed by atoms with Gasteiger partial charge in [-0.25, -0.2) is 39.0 Å². The van der Waals surface area contributed by atoms with Crippen molar-refractivity contribution in [3.63, 3.8) is 0 Å². The average molecular weight is 1060 g/mol. The Labute approximate surface area is 393 Å². The summed E-state index contributed by atoms with van der Waals surface area (Å²) in [6.07, 6.45) is -9.46. The van der Waals surface area contributed by atoms with Gasteiger partial charge in [0.25, 0.3) is 5.92 Å². The van der Waals surface area contributed by atoms with E-state index in [-0.39, 0.29) is 29.9 Å². The number of hydrogen-bond donors (Lipinski definition) is 1. The Bertz CT molecular complexity index is 3280. The fourth-order valence-electron chi connectivity index (χ4n) is 7.72. The van der Waals surface area contributed by atoms with Crippen LogP contribution in [0.4, 0.5) is 49.7 Å². The molecule has 1 aliphatic rings. The normalized spacial score (nSPS) is 17.1. The summed E-state index contributed by atoms with van der Waals surface area (Å²) in [5.41, 5.74) is -6.32. The maximum atomic E-state index is 15.7. The van der Waals surface area contributed by atoms with E-state index in [4.69, 9.17) is 11.6 Å². The highest BCUT2D eigenvalue weighted by Crippen LogP contribution is 2.55. The molecule has 3 atom stereocenters. The molecule has 69 heavy (non-hydrogen) atoms. The molecule has 6 rings (SSSR count). The van der Waals surface area contributed by atoms with Crippen molar-refractivity contribution in [2.24, 2.45) is 5.92 Å². The molecule has 0 fully saturated rings. The molecule has 0 saturated carbocycles. The number of carbonyl (C=O) groups excluding carboxylic acids is 1. The van der Waals surface area contributed by atoms with E-state index in [1.54, 1.807) is 0 Å². The standard InChI is InChI=1S/C41H38ClF10N7O7S3/c1-20-21(2)40(48,49)36-31(20)35(41(50,51)52)55-57(36)18-30(60)54-29(16-22-14-23(43)17-24(44)15-22)33-26(9-8-25(53-33)12-13-38(3,4)67(5,61)62)27-10-11-28(42)32-34(27)58(19-39(45,46)47)56-37(32)59(68(6,63)64)69(7,65)66/h8-11,14-15,17,20-21,29H,16,18-19H2,1-7H3,(H,54,60)/t20-,21+,29-/m0/s1. The second-order valence-corrected chi connectivity index (χ2v) is 23.7. The fraction of sp³-hybridized carbons (Fsp3) is 0.415. The van der Waals surface area contributed by atoms with Gasteiger partial charge in [0.2, 0.25) is 26.0 Å². The molecule has 0 aliphatic heterocycles. The van der Waals surface area contributed by atoms with Crippen LogP contribution >= 0.6 is 11.6 Å². The SMILES string of the molecule is C[C@@H]1c2c(C(F)(F)F)nn(CC(=O)N[C@@H](Cc3cc(F)cc(F)c3)c3nc(C#CC(C)(C)S(C)(=O)=O)ccc3-c3ccc(Cl)c4c(N(S(C)(=O)=O)S(C)(=O)=O)nn(CC(F)(F)F)c34)c2C(F)(F)[C@@H]1C. The lowest BCUT2D eigenvalue weighted by Crippen LogP contribution is -2.36. The third-order valence-electron chi connectivity index (χ3n) is 11.2. The molecule has 1 N–H and O–H groups in total. The van der Waals surface area contributed by atoms with E-state index in [0.29, 0.717) is 18.6 Å². The number of benzene rings is 2. The molecular weight excluding hydrogens is 1020 g/mol. The van der Waals surface area contributed by atoms with Crippen molar-refractivity contribution >= 4 is 64.1 Å². The lowest BCUT2D eigenvalue weighted by molar-refractivity contribution is -0.143. The van der Waals surface area contributed by atoms with E-state index in [9.17, 15) is 65.2 Å². The number of hydrogen-bond acceptors (Lipinski definition) is 10. The molecule has 374 valence electrons. The molecule has 3 aromatic heterocycles. The minimum atomic E-state index is -5.27. The first-order valence-corrected chi connectivity index (χ1v) is 25.8. The Kier molecular flexibility index (Phi) is 13.6. The quantitative estimate of drug-likeness (QED) is 0.0962. The first-order valence-electron chi connectivity index (χ1n) is 19.8. The minimum absolute atomic E-state index is 0.158. The number of halogens is 11. The molecule has 0 bridgehead atoms. The van der Waals surface area contributed by atoms with Gasteiger partial charge in [0.15, 0.2) is 21.3 Å². The van der Waals surface area contributed by atoms with Gasteiger partial charge in [-0.1, -0.05) is 37.4 Å². The summed E-state index contributed by atoms with van der Waals surface area (Å²) in [4.78, 5) is 18.6. The third kappa shape index (κ3) is 10.7. The van der Waals surface area contributed by atoms with E-state index in [1.165, 1.54) is 13.8 Å². The van der Waals surface area contributed by atoms with Crippen LogP contribution in [-0.2, 0) is 66.3 Å². The summed E-state index contributed by atoms with van der Waals surface area (Å²) < 4.78 is 222. The second kappa shape index (κ2) is 17.7. The Morgan fingerprint density at radius 2 is 1.46 bits per heavy atom. The van der Waals surface area contributed by atoms with Crippen molar-refractivity contribution in [2.75, 3.05) is 22.5 Å². The number of pyridine rings is 1. The molecule has 14 nitrogen and oxygen atoms in total. The number of alkyl halides is 8. The van der Waals surface area contributed by atoms with Crippen molar-refractivity contribution in [1.29, 1.82) is 0 Å². The van der Waals surface area contributed by atoms with Gasteiger partial charge in [-0.2, -0.15) is 45.3 Å². The number of nitrogens with zero attached hydrogens (tertiary/aromatic N) is 6. The summed E-state index contributed by atoms with van der Waals surface area (Å²) in [6.45, 7) is 1.21. The predicted molar refractivity (Wildman–Crippen MR) is 232 cm³/mol. The van der Waals surface area contributed by atoms with Crippen LogP contribution in [0.15, 0.2) is 42.5 Å². The maximum Gasteiger partial charge on any atom is 0.435 e. The maximum absolute atomic E-state index is 15.7. The smallest absolute Gasteiger partial charge is 0.346 e. The number of sulfone groups is 1. The topological polar surface area (TPSA) is 183 Å². The van der Waals surface area contributed by atoms with E-state index < -0.39 is 158 Å². The Morgan fingerprint density at radius 1 is 0.884 bits per heavy atom. The van der Waals surface area contributed by atoms with Crippen LogP contribution in [0.1, 0.15) is 73.6 Å². The van der Waals surface area contributed by atoms with Crippen molar-refractivity contribution in [3.8, 4) is 23.0 Å². The number of fused-ring (bicyclic) bond motifs is 2. The van der Waals surface area contributed by atoms with Gasteiger partial charge in [-0.05, 0) is 68.0 Å². The Morgan fingerprint density at radius 3 is 2.00 bits per heavy atom. The summed E-state index contributed by atoms with van der Waals surface area (Å²) in [5.74, 6) is -6.79. The number of rotatable bonds is 12. The summed E-state index contributed by atoms with van der Waals surface area (Å²) in [6, 6.07) is 4.52. The zero-order valence-electron chi connectivity index (χ0n) is 36.8. The molecular formula is C41H38ClF10N7O7S3. The number of aromatic nitrogens is 5. The largest absolute Gasteiger partial charge is 0.435 e. The van der Waals surface area contributed by atoms with Crippen LogP contribution in [0, 0.1) is 29.4 Å². The molecule has 28 heteroatoms. The van der Waals surface area contributed by atoms with E-state index >= 15 is 8.78 Å². The molecule has 0 unspecified atom stereocenters. The van der Waals surface area contributed by atoms with Gasteiger partial charge in [0.05, 0.1) is 40.2 Å². The van der Waals surface area contributed by atoms with E-state index in [1.807, 2.05) is 0 Å². The number of amides is 1. The molecule has 1 aliphatic carbocycles. The summed E-state index contributed by atoms with van der Waals surface area (Å²) in [7, 11) is -13.7. The zero-order valence-corrected chi connectivity index (χ0v) is 40.0. The Balaban J connectivity index is 1.67. The van der Waals surface area contributed by atoms with Crippen molar-refractivity contribution in [3.05, 3.63) is 93.0 Å². The highest BCUT2D eigenvalue weighted by atomic mass is 35.5. The first kappa shape index (κ1) is 52.9. The van der Waals surface area contributed by atoms with Crippen LogP contribution in [0.2, 0.25) is 5.02 Å². The van der Waals surface area contributed by atoms with Crippen LogP contribution < -0.4 is 9.03 Å². The summed E-state index contributed by atoms with van der Waals surface area (Å²) in [5, 5.41) is 8.27. The highest BCUT2D eigenvalue weighted by molar-refractivity contribution is 8.09. The first-order chi connectivity index (χ1) is 31.3. The van der Waals surface area contributed by atoms with Crippen molar-refractivity contribution in [2.45, 2.75) is 82.2 Å². The van der Waals surface area contributed by atoms with Gasteiger partial charge in [0.1, 0.15) is 40.9 Å².